The number of nitrogens with one attached hydrogen (secondary N) is 2. The lowest BCUT2D eigenvalue weighted by Crippen LogP contribution is -2.34. The molecule has 27 heavy (non-hydrogen) atoms. The van der Waals surface area contributed by atoms with Crippen LogP contribution in [0.25, 0.3) is 0 Å². The van der Waals surface area contributed by atoms with Crippen LogP contribution in [0.15, 0.2) is 18.2 Å². The Balaban J connectivity index is 0.00000364. The minimum absolute atomic E-state index is 0. The number of carbonyl (C=O) groups is 2. The predicted octanol–water partition coefficient (Wildman–Crippen LogP) is 1.83. The van der Waals surface area contributed by atoms with Crippen molar-refractivity contribution in [3.63, 3.8) is 0 Å². The molecule has 1 heterocycles. The molecule has 0 atom stereocenters. The quantitative estimate of drug-likeness (QED) is 0.321. The Hall–Kier alpha value is -1.64. The number of ether oxygens (including phenoxy) is 1. The largest absolute Gasteiger partial charge is 0.469 e. The van der Waals surface area contributed by atoms with E-state index >= 15 is 0 Å². The monoisotopic (exact) mass is 416 g/mol. The molecule has 4 N–H and O–H groups in total. The second-order valence-electron chi connectivity index (χ2n) is 6.12. The van der Waals surface area contributed by atoms with Gasteiger partial charge in [0.1, 0.15) is 0 Å². The zero-order chi connectivity index (χ0) is 18.8. The number of methoxy groups -OCH3 is 1. The number of anilines is 2. The Morgan fingerprint density at radius 2 is 2.00 bits per heavy atom. The molecule has 1 fully saturated rings. The number of carbonyl (C=O) groups excluding carboxylic acids is 2. The highest BCUT2D eigenvalue weighted by molar-refractivity contribution is 7.99. The number of nitrogen functional groups attached to an aromatic ring is 1. The van der Waals surface area contributed by atoms with Gasteiger partial charge in [-0.2, -0.15) is 11.8 Å². The van der Waals surface area contributed by atoms with Gasteiger partial charge in [0.05, 0.1) is 24.9 Å². The zero-order valence-corrected chi connectivity index (χ0v) is 17.3. The van der Waals surface area contributed by atoms with E-state index in [0.717, 1.165) is 25.2 Å². The Morgan fingerprint density at radius 1 is 1.26 bits per heavy atom. The first kappa shape index (κ1) is 23.4. The highest BCUT2D eigenvalue weighted by Crippen LogP contribution is 2.20. The van der Waals surface area contributed by atoms with Gasteiger partial charge in [0.15, 0.2) is 0 Å². The molecule has 0 unspecified atom stereocenters. The highest BCUT2D eigenvalue weighted by Gasteiger charge is 2.11. The fourth-order valence-corrected chi connectivity index (χ4v) is 3.68. The van der Waals surface area contributed by atoms with Gasteiger partial charge in [-0.05, 0) is 31.2 Å². The molecule has 0 saturated carbocycles. The fraction of sp³-hybridized carbons (Fsp3) is 0.556. The summed E-state index contributed by atoms with van der Waals surface area (Å²) in [6, 6.07) is 5.20. The number of nitrogens with two attached hydrogens (primary N) is 1. The Morgan fingerprint density at radius 3 is 2.67 bits per heavy atom. The van der Waals surface area contributed by atoms with Crippen molar-refractivity contribution >= 4 is 47.4 Å². The minimum atomic E-state index is -0.354. The van der Waals surface area contributed by atoms with Crippen LogP contribution in [-0.2, 0) is 9.53 Å². The van der Waals surface area contributed by atoms with Crippen LogP contribution in [0.1, 0.15) is 23.2 Å². The molecule has 1 saturated heterocycles. The minimum Gasteiger partial charge on any atom is -0.469 e. The number of halogens is 1. The second-order valence-corrected chi connectivity index (χ2v) is 7.34. The molecule has 0 aromatic heterocycles. The first-order valence-corrected chi connectivity index (χ1v) is 10.0. The van der Waals surface area contributed by atoms with Crippen LogP contribution >= 0.6 is 24.2 Å². The number of hydrogen-bond acceptors (Lipinski definition) is 7. The number of nitrogens with zero attached hydrogens (tertiary/aromatic N) is 1. The van der Waals surface area contributed by atoms with Crippen molar-refractivity contribution in [2.45, 2.75) is 12.8 Å². The standard InChI is InChI=1S/C18H28N4O3S.ClH/c1-25-17(23)5-7-21-18(24)14-3-4-16(15(19)13-14)20-6-2-8-22-9-11-26-12-10-22;/h3-4,13,20H,2,5-12,19H2,1H3,(H,21,24);1H. The molecule has 0 aliphatic carbocycles. The number of rotatable bonds is 9. The molecule has 0 spiro atoms. The van der Waals surface area contributed by atoms with Crippen LogP contribution in [0.5, 0.6) is 0 Å². The summed E-state index contributed by atoms with van der Waals surface area (Å²) < 4.78 is 4.54. The molecule has 0 radical (unpaired) electrons. The van der Waals surface area contributed by atoms with Crippen LogP contribution in [-0.4, -0.2) is 68.1 Å². The number of thioether (sulfide) groups is 1. The van der Waals surface area contributed by atoms with Crippen molar-refractivity contribution in [1.29, 1.82) is 0 Å². The molecule has 7 nitrogen and oxygen atoms in total. The molecular weight excluding hydrogens is 388 g/mol. The number of esters is 1. The van der Waals surface area contributed by atoms with Crippen molar-refractivity contribution in [2.75, 3.05) is 62.4 Å². The summed E-state index contributed by atoms with van der Waals surface area (Å²) in [5.74, 6) is 1.84. The van der Waals surface area contributed by atoms with Crippen molar-refractivity contribution in [3.8, 4) is 0 Å². The number of amides is 1. The maximum Gasteiger partial charge on any atom is 0.307 e. The zero-order valence-electron chi connectivity index (χ0n) is 15.7. The van der Waals surface area contributed by atoms with Gasteiger partial charge in [-0.3, -0.25) is 9.59 Å². The van der Waals surface area contributed by atoms with Crippen LogP contribution in [0, 0.1) is 0 Å². The van der Waals surface area contributed by atoms with E-state index in [1.54, 1.807) is 12.1 Å². The third-order valence-electron chi connectivity index (χ3n) is 4.23. The molecule has 9 heteroatoms. The highest BCUT2D eigenvalue weighted by atomic mass is 35.5. The van der Waals surface area contributed by atoms with E-state index in [0.29, 0.717) is 11.3 Å². The average molecular weight is 417 g/mol. The van der Waals surface area contributed by atoms with E-state index in [1.807, 2.05) is 17.8 Å². The summed E-state index contributed by atoms with van der Waals surface area (Å²) in [5.41, 5.74) is 7.91. The molecule has 1 aromatic carbocycles. The summed E-state index contributed by atoms with van der Waals surface area (Å²) in [6.07, 6.45) is 1.20. The second kappa shape index (κ2) is 12.7. The third kappa shape index (κ3) is 8.28. The number of hydrogen-bond donors (Lipinski definition) is 3. The average Bonchev–Trinajstić information content (AvgIpc) is 2.66. The van der Waals surface area contributed by atoms with Gasteiger partial charge in [-0.15, -0.1) is 12.4 Å². The topological polar surface area (TPSA) is 96.7 Å². The predicted molar refractivity (Wildman–Crippen MR) is 114 cm³/mol. The van der Waals surface area contributed by atoms with Crippen LogP contribution in [0.2, 0.25) is 0 Å². The van der Waals surface area contributed by atoms with Crippen molar-refractivity contribution in [3.05, 3.63) is 23.8 Å². The van der Waals surface area contributed by atoms with E-state index in [4.69, 9.17) is 5.73 Å². The molecule has 1 aliphatic rings. The molecule has 152 valence electrons. The third-order valence-corrected chi connectivity index (χ3v) is 5.17. The summed E-state index contributed by atoms with van der Waals surface area (Å²) in [4.78, 5) is 25.6. The molecule has 1 aromatic rings. The van der Waals surface area contributed by atoms with Crippen LogP contribution in [0.3, 0.4) is 0 Å². The maximum absolute atomic E-state index is 12.1. The smallest absolute Gasteiger partial charge is 0.307 e. The number of benzene rings is 1. The fourth-order valence-electron chi connectivity index (χ4n) is 2.70. The van der Waals surface area contributed by atoms with Crippen LogP contribution in [0.4, 0.5) is 11.4 Å². The lowest BCUT2D eigenvalue weighted by molar-refractivity contribution is -0.140. The van der Waals surface area contributed by atoms with Crippen LogP contribution < -0.4 is 16.4 Å². The summed E-state index contributed by atoms with van der Waals surface area (Å²) >= 11 is 2.02. The van der Waals surface area contributed by atoms with Gasteiger partial charge in [-0.25, -0.2) is 0 Å². The first-order valence-electron chi connectivity index (χ1n) is 8.88. The Bertz CT molecular complexity index is 612. The maximum atomic E-state index is 12.1. The van der Waals surface area contributed by atoms with Gasteiger partial charge >= 0.3 is 5.97 Å². The van der Waals surface area contributed by atoms with E-state index in [-0.39, 0.29) is 37.2 Å². The Kier molecular flexibility index (Phi) is 11.0. The van der Waals surface area contributed by atoms with E-state index in [9.17, 15) is 9.59 Å². The summed E-state index contributed by atoms with van der Waals surface area (Å²) in [7, 11) is 1.32. The molecule has 1 amide bonds. The summed E-state index contributed by atoms with van der Waals surface area (Å²) in [5, 5.41) is 6.01. The SMILES string of the molecule is COC(=O)CCNC(=O)c1ccc(NCCCN2CCSCC2)c(N)c1.Cl. The van der Waals surface area contributed by atoms with Gasteiger partial charge < -0.3 is 26.0 Å². The Labute approximate surface area is 171 Å². The van der Waals surface area contributed by atoms with Gasteiger partial charge in [0.25, 0.3) is 5.91 Å². The van der Waals surface area contributed by atoms with E-state index in [2.05, 4.69) is 20.3 Å². The first-order chi connectivity index (χ1) is 12.6. The van der Waals surface area contributed by atoms with Gasteiger partial charge in [-0.1, -0.05) is 0 Å². The normalized spacial score (nSPS) is 14.1. The molecule has 2 rings (SSSR count). The van der Waals surface area contributed by atoms with Crippen molar-refractivity contribution in [1.82, 2.24) is 10.2 Å². The lowest BCUT2D eigenvalue weighted by Gasteiger charge is -2.26. The van der Waals surface area contributed by atoms with E-state index in [1.165, 1.54) is 31.7 Å². The summed E-state index contributed by atoms with van der Waals surface area (Å²) in [6.45, 7) is 4.52. The lowest BCUT2D eigenvalue weighted by atomic mass is 10.1. The molecular formula is C18H29ClN4O3S. The molecule has 0 bridgehead atoms. The molecule has 1 aliphatic heterocycles. The van der Waals surface area contributed by atoms with Crippen molar-refractivity contribution in [2.24, 2.45) is 0 Å². The van der Waals surface area contributed by atoms with Gasteiger partial charge in [0.2, 0.25) is 0 Å². The van der Waals surface area contributed by atoms with Gasteiger partial charge in [0, 0.05) is 43.2 Å². The van der Waals surface area contributed by atoms with E-state index < -0.39 is 0 Å². The van der Waals surface area contributed by atoms with Crippen molar-refractivity contribution < 1.29 is 14.3 Å².